The van der Waals surface area contributed by atoms with Crippen LogP contribution in [-0.2, 0) is 4.79 Å². The quantitative estimate of drug-likeness (QED) is 0.656. The Morgan fingerprint density at radius 3 is 2.89 bits per heavy atom. The van der Waals surface area contributed by atoms with Crippen molar-refractivity contribution >= 4 is 29.2 Å². The van der Waals surface area contributed by atoms with Crippen LogP contribution in [0.4, 0.5) is 11.5 Å². The van der Waals surface area contributed by atoms with Gasteiger partial charge < -0.3 is 15.5 Å². The zero-order valence-corrected chi connectivity index (χ0v) is 10.4. The molecule has 0 saturated carbocycles. The van der Waals surface area contributed by atoms with Gasteiger partial charge >= 0.3 is 5.97 Å². The van der Waals surface area contributed by atoms with E-state index in [1.807, 2.05) is 0 Å². The summed E-state index contributed by atoms with van der Waals surface area (Å²) in [5.74, 6) is -0.648. The van der Waals surface area contributed by atoms with Gasteiger partial charge in [-0.25, -0.2) is 14.8 Å². The molecule has 3 N–H and O–H groups in total. The van der Waals surface area contributed by atoms with Crippen molar-refractivity contribution in [1.29, 1.82) is 0 Å². The van der Waals surface area contributed by atoms with E-state index < -0.39 is 12.1 Å². The second-order valence-electron chi connectivity index (χ2n) is 3.93. The first kappa shape index (κ1) is 11.9. The second-order valence-corrected chi connectivity index (χ2v) is 4.96. The zero-order chi connectivity index (χ0) is 13.4. The topological polar surface area (TPSA) is 95.3 Å². The zero-order valence-electron chi connectivity index (χ0n) is 9.57. The van der Waals surface area contributed by atoms with Crippen molar-refractivity contribution < 1.29 is 15.0 Å². The third-order valence-corrected chi connectivity index (χ3v) is 3.75. The molecule has 0 bridgehead atoms. The van der Waals surface area contributed by atoms with Crippen LogP contribution in [0.15, 0.2) is 40.5 Å². The van der Waals surface area contributed by atoms with Crippen molar-refractivity contribution in [3.05, 3.63) is 36.2 Å². The number of carboxylic acids is 1. The number of aliphatic hydroxyl groups excluding tert-OH is 1. The highest BCUT2D eigenvalue weighted by Crippen LogP contribution is 2.42. The first-order chi connectivity index (χ1) is 9.15. The van der Waals surface area contributed by atoms with Crippen LogP contribution in [0.5, 0.6) is 0 Å². The number of carboxylic acid groups (broad SMARTS) is 1. The van der Waals surface area contributed by atoms with Gasteiger partial charge in [0.2, 0.25) is 0 Å². The summed E-state index contributed by atoms with van der Waals surface area (Å²) in [6.45, 7) is 0. The first-order valence-corrected chi connectivity index (χ1v) is 6.27. The molecule has 6 nitrogen and oxygen atoms in total. The second kappa shape index (κ2) is 4.52. The van der Waals surface area contributed by atoms with Crippen LogP contribution in [0, 0.1) is 0 Å². The van der Waals surface area contributed by atoms with E-state index in [0.717, 1.165) is 15.6 Å². The summed E-state index contributed by atoms with van der Waals surface area (Å²) in [4.78, 5) is 20.0. The van der Waals surface area contributed by atoms with E-state index >= 15 is 0 Å². The summed E-state index contributed by atoms with van der Waals surface area (Å²) in [7, 11) is 0. The molecule has 1 unspecified atom stereocenters. The van der Waals surface area contributed by atoms with Gasteiger partial charge in [0.1, 0.15) is 5.03 Å². The predicted molar refractivity (Wildman–Crippen MR) is 68.5 cm³/mol. The number of carbonyl (C=O) groups is 1. The maximum atomic E-state index is 10.8. The highest BCUT2D eigenvalue weighted by Gasteiger charge is 2.21. The molecule has 1 atom stereocenters. The Labute approximate surface area is 112 Å². The first-order valence-electron chi connectivity index (χ1n) is 5.46. The number of benzene rings is 1. The summed E-state index contributed by atoms with van der Waals surface area (Å²) >= 11 is 1.45. The van der Waals surface area contributed by atoms with Crippen LogP contribution in [0.1, 0.15) is 11.7 Å². The number of nitrogens with one attached hydrogen (secondary N) is 1. The highest BCUT2D eigenvalue weighted by atomic mass is 32.2. The lowest BCUT2D eigenvalue weighted by Gasteiger charge is -2.19. The van der Waals surface area contributed by atoms with Crippen LogP contribution in [-0.4, -0.2) is 26.2 Å². The van der Waals surface area contributed by atoms with E-state index in [1.54, 1.807) is 30.6 Å². The molecule has 0 spiro atoms. The predicted octanol–water partition coefficient (Wildman–Crippen LogP) is 1.80. The van der Waals surface area contributed by atoms with Gasteiger partial charge in [0.05, 0.1) is 5.69 Å². The molecule has 1 aromatic carbocycles. The molecule has 1 aliphatic heterocycles. The molecular weight excluding hydrogens is 266 g/mol. The minimum Gasteiger partial charge on any atom is -0.479 e. The minimum absolute atomic E-state index is 0.326. The summed E-state index contributed by atoms with van der Waals surface area (Å²) in [6.07, 6.45) is 1.66. The largest absolute Gasteiger partial charge is 0.479 e. The van der Waals surface area contributed by atoms with Gasteiger partial charge in [0, 0.05) is 17.3 Å². The highest BCUT2D eigenvalue weighted by molar-refractivity contribution is 7.99. The van der Waals surface area contributed by atoms with Gasteiger partial charge in [0.15, 0.2) is 11.9 Å². The third-order valence-electron chi connectivity index (χ3n) is 2.68. The van der Waals surface area contributed by atoms with Gasteiger partial charge in [0.25, 0.3) is 0 Å². The average Bonchev–Trinajstić information content (AvgIpc) is 2.43. The molecule has 0 fully saturated rings. The molecule has 96 valence electrons. The fourth-order valence-corrected chi connectivity index (χ4v) is 2.64. The Balaban J connectivity index is 1.98. The van der Waals surface area contributed by atoms with Crippen molar-refractivity contribution in [2.75, 3.05) is 5.32 Å². The molecule has 19 heavy (non-hydrogen) atoms. The molecule has 2 aromatic rings. The molecule has 3 rings (SSSR count). The van der Waals surface area contributed by atoms with Gasteiger partial charge in [-0.2, -0.15) is 0 Å². The van der Waals surface area contributed by atoms with Gasteiger partial charge in [-0.05, 0) is 17.7 Å². The number of anilines is 2. The lowest BCUT2D eigenvalue weighted by molar-refractivity contribution is -0.146. The number of aromatic nitrogens is 2. The Morgan fingerprint density at radius 1 is 1.32 bits per heavy atom. The lowest BCUT2D eigenvalue weighted by Crippen LogP contribution is -2.11. The van der Waals surface area contributed by atoms with Gasteiger partial charge in [-0.3, -0.25) is 0 Å². The molecule has 0 aliphatic carbocycles. The van der Waals surface area contributed by atoms with E-state index in [4.69, 9.17) is 5.11 Å². The minimum atomic E-state index is -1.53. The molecule has 0 radical (unpaired) electrons. The summed E-state index contributed by atoms with van der Waals surface area (Å²) in [5, 5.41) is 22.2. The third kappa shape index (κ3) is 2.13. The molecule has 2 heterocycles. The molecule has 7 heteroatoms. The summed E-state index contributed by atoms with van der Waals surface area (Å²) < 4.78 is 0. The van der Waals surface area contributed by atoms with Crippen LogP contribution in [0.3, 0.4) is 0 Å². The van der Waals surface area contributed by atoms with Crippen molar-refractivity contribution in [3.63, 3.8) is 0 Å². The number of aliphatic hydroxyl groups is 1. The Bertz CT molecular complexity index is 662. The van der Waals surface area contributed by atoms with Crippen molar-refractivity contribution in [1.82, 2.24) is 9.97 Å². The van der Waals surface area contributed by atoms with Crippen LogP contribution in [0.25, 0.3) is 0 Å². The lowest BCUT2D eigenvalue weighted by atomic mass is 10.1. The monoisotopic (exact) mass is 275 g/mol. The Hall–Kier alpha value is -2.12. The van der Waals surface area contributed by atoms with E-state index in [2.05, 4.69) is 15.3 Å². The molecular formula is C12H9N3O3S. The smallest absolute Gasteiger partial charge is 0.337 e. The van der Waals surface area contributed by atoms with E-state index in [1.165, 1.54) is 11.8 Å². The maximum Gasteiger partial charge on any atom is 0.337 e. The molecule has 1 aliphatic rings. The number of nitrogens with zero attached hydrogens (tertiary/aromatic N) is 2. The maximum absolute atomic E-state index is 10.8. The van der Waals surface area contributed by atoms with E-state index in [9.17, 15) is 9.90 Å². The van der Waals surface area contributed by atoms with Crippen LogP contribution in [0.2, 0.25) is 0 Å². The van der Waals surface area contributed by atoms with Gasteiger partial charge in [-0.1, -0.05) is 17.8 Å². The molecule has 1 aromatic heterocycles. The number of hydrogen-bond acceptors (Lipinski definition) is 6. The Morgan fingerprint density at radius 2 is 2.11 bits per heavy atom. The number of fused-ring (bicyclic) bond motifs is 2. The SMILES string of the molecule is O=C(O)C(O)c1ccc2c(c1)Nc1nccnc1S2. The standard InChI is InChI=1S/C12H9N3O3S/c16-9(12(17)18)6-1-2-8-7(5-6)15-10-11(19-8)14-4-3-13-10/h1-5,9,16H,(H,13,15)(H,17,18). The fourth-order valence-electron chi connectivity index (χ4n) is 1.76. The Kier molecular flexibility index (Phi) is 2.84. The van der Waals surface area contributed by atoms with Crippen molar-refractivity contribution in [3.8, 4) is 0 Å². The summed E-state index contributed by atoms with van der Waals surface area (Å²) in [5.41, 5.74) is 1.04. The number of aliphatic carboxylic acids is 1. The fraction of sp³-hybridized carbons (Fsp3) is 0.0833. The van der Waals surface area contributed by atoms with E-state index in [-0.39, 0.29) is 0 Å². The van der Waals surface area contributed by atoms with E-state index in [0.29, 0.717) is 11.4 Å². The number of rotatable bonds is 2. The van der Waals surface area contributed by atoms with Crippen LogP contribution >= 0.6 is 11.8 Å². The van der Waals surface area contributed by atoms with Crippen molar-refractivity contribution in [2.24, 2.45) is 0 Å². The average molecular weight is 275 g/mol. The molecule has 0 saturated heterocycles. The van der Waals surface area contributed by atoms with Gasteiger partial charge in [-0.15, -0.1) is 0 Å². The normalized spacial score (nSPS) is 13.9. The summed E-state index contributed by atoms with van der Waals surface area (Å²) in [6, 6.07) is 4.96. The van der Waals surface area contributed by atoms with Crippen molar-refractivity contribution in [2.45, 2.75) is 16.0 Å². The number of hydrogen-bond donors (Lipinski definition) is 3. The molecule has 0 amide bonds. The van der Waals surface area contributed by atoms with Crippen LogP contribution < -0.4 is 5.32 Å².